The highest BCUT2D eigenvalue weighted by Crippen LogP contribution is 2.38. The van der Waals surface area contributed by atoms with Crippen molar-refractivity contribution in [1.82, 2.24) is 15.3 Å². The maximum Gasteiger partial charge on any atom is 0.252 e. The Hall–Kier alpha value is -1.36. The second-order valence-electron chi connectivity index (χ2n) is 6.30. The number of hydrogen-bond donors (Lipinski definition) is 2. The number of aromatic amines is 1. The molecule has 0 amide bonds. The smallest absolute Gasteiger partial charge is 0.252 e. The van der Waals surface area contributed by atoms with Crippen molar-refractivity contribution in [3.05, 3.63) is 22.2 Å². The fourth-order valence-electron chi connectivity index (χ4n) is 2.88. The van der Waals surface area contributed by atoms with Crippen LogP contribution in [0.5, 0.6) is 0 Å². The van der Waals surface area contributed by atoms with Crippen LogP contribution >= 0.6 is 0 Å². The molecule has 2 fully saturated rings. The van der Waals surface area contributed by atoms with Gasteiger partial charge < -0.3 is 15.2 Å². The van der Waals surface area contributed by atoms with Gasteiger partial charge in [-0.1, -0.05) is 0 Å². The maximum atomic E-state index is 11.9. The van der Waals surface area contributed by atoms with Crippen molar-refractivity contribution >= 4 is 5.82 Å². The van der Waals surface area contributed by atoms with Gasteiger partial charge in [0, 0.05) is 30.6 Å². The first kappa shape index (κ1) is 13.6. The summed E-state index contributed by atoms with van der Waals surface area (Å²) in [6.07, 6.45) is 4.76. The Morgan fingerprint density at radius 2 is 2.20 bits per heavy atom. The topological polar surface area (TPSA) is 61.0 Å². The zero-order chi connectivity index (χ0) is 14.1. The first-order valence-corrected chi connectivity index (χ1v) is 7.75. The van der Waals surface area contributed by atoms with Gasteiger partial charge in [-0.15, -0.1) is 0 Å². The molecule has 110 valence electrons. The van der Waals surface area contributed by atoms with Gasteiger partial charge in [-0.2, -0.15) is 0 Å². The minimum atomic E-state index is -0.0260. The van der Waals surface area contributed by atoms with Crippen molar-refractivity contribution in [1.29, 1.82) is 0 Å². The average Bonchev–Trinajstić information content (AvgIpc) is 3.13. The molecule has 2 N–H and O–H groups in total. The van der Waals surface area contributed by atoms with Crippen LogP contribution in [0.3, 0.4) is 0 Å². The highest BCUT2D eigenvalue weighted by molar-refractivity contribution is 5.39. The number of anilines is 1. The Labute approximate surface area is 119 Å². The maximum absolute atomic E-state index is 11.9. The summed E-state index contributed by atoms with van der Waals surface area (Å²) in [5, 5.41) is 3.52. The molecule has 20 heavy (non-hydrogen) atoms. The lowest BCUT2D eigenvalue weighted by atomic mass is 10.2. The van der Waals surface area contributed by atoms with Gasteiger partial charge in [-0.3, -0.25) is 4.79 Å². The van der Waals surface area contributed by atoms with Crippen molar-refractivity contribution < 1.29 is 0 Å². The normalized spacial score (nSPS) is 22.4. The lowest BCUT2D eigenvalue weighted by Crippen LogP contribution is -2.42. The van der Waals surface area contributed by atoms with E-state index in [1.165, 1.54) is 12.8 Å². The van der Waals surface area contributed by atoms with E-state index >= 15 is 0 Å². The molecule has 0 aromatic carbocycles. The third-order valence-electron chi connectivity index (χ3n) is 4.21. The molecule has 0 bridgehead atoms. The monoisotopic (exact) mass is 276 g/mol. The van der Waals surface area contributed by atoms with Gasteiger partial charge in [0.2, 0.25) is 0 Å². The van der Waals surface area contributed by atoms with E-state index in [0.29, 0.717) is 18.0 Å². The zero-order valence-electron chi connectivity index (χ0n) is 12.4. The molecule has 3 rings (SSSR count). The van der Waals surface area contributed by atoms with Gasteiger partial charge in [-0.25, -0.2) is 4.98 Å². The van der Waals surface area contributed by atoms with Crippen LogP contribution in [-0.2, 0) is 0 Å². The SMILES string of the molecule is CC(C)N(CC1CCCN1)c1cc(=O)[nH]c(C2CC2)n1. The predicted molar refractivity (Wildman–Crippen MR) is 80.3 cm³/mol. The van der Waals surface area contributed by atoms with Crippen LogP contribution in [0.2, 0.25) is 0 Å². The number of hydrogen-bond acceptors (Lipinski definition) is 4. The molecule has 0 radical (unpaired) electrons. The molecule has 1 atom stereocenters. The number of rotatable bonds is 5. The van der Waals surface area contributed by atoms with Crippen LogP contribution in [0.25, 0.3) is 0 Å². The fraction of sp³-hybridized carbons (Fsp3) is 0.733. The van der Waals surface area contributed by atoms with E-state index in [1.807, 2.05) is 0 Å². The summed E-state index contributed by atoms with van der Waals surface area (Å²) in [5.74, 6) is 2.18. The third-order valence-corrected chi connectivity index (χ3v) is 4.21. The highest BCUT2D eigenvalue weighted by atomic mass is 16.1. The second kappa shape index (κ2) is 5.56. The summed E-state index contributed by atoms with van der Waals surface area (Å²) in [6.45, 7) is 6.36. The molecule has 5 nitrogen and oxygen atoms in total. The molecule has 0 spiro atoms. The first-order chi connectivity index (χ1) is 9.63. The fourth-order valence-corrected chi connectivity index (χ4v) is 2.88. The van der Waals surface area contributed by atoms with Crippen LogP contribution in [0, 0.1) is 0 Å². The van der Waals surface area contributed by atoms with Crippen LogP contribution < -0.4 is 15.8 Å². The second-order valence-corrected chi connectivity index (χ2v) is 6.30. The molecule has 1 unspecified atom stereocenters. The van der Waals surface area contributed by atoms with Crippen LogP contribution in [-0.4, -0.2) is 35.1 Å². The Morgan fingerprint density at radius 1 is 1.40 bits per heavy atom. The lowest BCUT2D eigenvalue weighted by Gasteiger charge is -2.30. The zero-order valence-corrected chi connectivity index (χ0v) is 12.4. The molecule has 5 heteroatoms. The summed E-state index contributed by atoms with van der Waals surface area (Å²) in [5.41, 5.74) is -0.0260. The molecule has 1 aliphatic heterocycles. The molecule has 1 aromatic heterocycles. The van der Waals surface area contributed by atoms with Gasteiger partial charge in [-0.05, 0) is 46.1 Å². The van der Waals surface area contributed by atoms with E-state index in [4.69, 9.17) is 4.98 Å². The van der Waals surface area contributed by atoms with Gasteiger partial charge in [0.05, 0.1) is 0 Å². The lowest BCUT2D eigenvalue weighted by molar-refractivity contribution is 0.547. The highest BCUT2D eigenvalue weighted by Gasteiger charge is 2.28. The molecule has 2 heterocycles. The predicted octanol–water partition coefficient (Wildman–Crippen LogP) is 1.61. The van der Waals surface area contributed by atoms with E-state index in [9.17, 15) is 4.79 Å². The Kier molecular flexibility index (Phi) is 3.78. The van der Waals surface area contributed by atoms with E-state index in [1.54, 1.807) is 6.07 Å². The van der Waals surface area contributed by atoms with Crippen LogP contribution in [0.15, 0.2) is 10.9 Å². The van der Waals surface area contributed by atoms with E-state index in [2.05, 4.69) is 29.0 Å². The largest absolute Gasteiger partial charge is 0.352 e. The number of aromatic nitrogens is 2. The summed E-state index contributed by atoms with van der Waals surface area (Å²) >= 11 is 0. The molecular formula is C15H24N4O. The van der Waals surface area contributed by atoms with Gasteiger partial charge >= 0.3 is 0 Å². The third kappa shape index (κ3) is 3.03. The van der Waals surface area contributed by atoms with Gasteiger partial charge in [0.15, 0.2) is 0 Å². The molecule has 1 saturated carbocycles. The standard InChI is InChI=1S/C15H24N4O/c1-10(2)19(9-12-4-3-7-16-12)13-8-14(20)18-15(17-13)11-5-6-11/h8,10-12,16H,3-7,9H2,1-2H3,(H,17,18,20). The van der Waals surface area contributed by atoms with E-state index in [0.717, 1.165) is 37.6 Å². The Bertz CT molecular complexity index is 515. The van der Waals surface area contributed by atoms with Crippen LogP contribution in [0.1, 0.15) is 51.3 Å². The van der Waals surface area contributed by atoms with Crippen molar-refractivity contribution in [2.24, 2.45) is 0 Å². The Morgan fingerprint density at radius 3 is 2.80 bits per heavy atom. The van der Waals surface area contributed by atoms with Crippen molar-refractivity contribution in [3.8, 4) is 0 Å². The summed E-state index contributed by atoms with van der Waals surface area (Å²) in [4.78, 5) is 21.7. The van der Waals surface area contributed by atoms with Crippen molar-refractivity contribution in [3.63, 3.8) is 0 Å². The quantitative estimate of drug-likeness (QED) is 0.858. The summed E-state index contributed by atoms with van der Waals surface area (Å²) in [6, 6.07) is 2.50. The average molecular weight is 276 g/mol. The molecular weight excluding hydrogens is 252 g/mol. The summed E-state index contributed by atoms with van der Waals surface area (Å²) < 4.78 is 0. The van der Waals surface area contributed by atoms with E-state index < -0.39 is 0 Å². The van der Waals surface area contributed by atoms with Gasteiger partial charge in [0.25, 0.3) is 5.56 Å². The molecule has 2 aliphatic rings. The summed E-state index contributed by atoms with van der Waals surface area (Å²) in [7, 11) is 0. The minimum absolute atomic E-state index is 0.0260. The molecule has 1 saturated heterocycles. The Balaban J connectivity index is 1.84. The number of H-pyrrole nitrogens is 1. The minimum Gasteiger partial charge on any atom is -0.352 e. The van der Waals surface area contributed by atoms with E-state index in [-0.39, 0.29) is 5.56 Å². The van der Waals surface area contributed by atoms with Gasteiger partial charge in [0.1, 0.15) is 11.6 Å². The number of nitrogens with one attached hydrogen (secondary N) is 2. The van der Waals surface area contributed by atoms with Crippen molar-refractivity contribution in [2.45, 2.75) is 57.5 Å². The first-order valence-electron chi connectivity index (χ1n) is 7.75. The number of nitrogens with zero attached hydrogens (tertiary/aromatic N) is 2. The van der Waals surface area contributed by atoms with Crippen LogP contribution in [0.4, 0.5) is 5.82 Å². The molecule has 1 aromatic rings. The van der Waals surface area contributed by atoms with Crippen molar-refractivity contribution in [2.75, 3.05) is 18.0 Å². The molecule has 1 aliphatic carbocycles.